The maximum absolute atomic E-state index is 13.0. The number of carboxylic acid groups (broad SMARTS) is 1. The lowest BCUT2D eigenvalue weighted by Gasteiger charge is -2.15. The van der Waals surface area contributed by atoms with E-state index in [1.54, 1.807) is 6.07 Å². The van der Waals surface area contributed by atoms with Crippen LogP contribution >= 0.6 is 0 Å². The first-order valence-electron chi connectivity index (χ1n) is 9.74. The van der Waals surface area contributed by atoms with Crippen molar-refractivity contribution in [2.45, 2.75) is 46.7 Å². The monoisotopic (exact) mass is 395 g/mol. The van der Waals surface area contributed by atoms with E-state index >= 15 is 0 Å². The minimum Gasteiger partial charge on any atom is -0.478 e. The molecule has 7 heteroatoms. The van der Waals surface area contributed by atoms with Crippen LogP contribution < -0.4 is 10.9 Å². The Balaban J connectivity index is 2.06. The zero-order valence-corrected chi connectivity index (χ0v) is 16.9. The van der Waals surface area contributed by atoms with Crippen LogP contribution in [0, 0.1) is 6.92 Å². The van der Waals surface area contributed by atoms with Gasteiger partial charge in [0.05, 0.1) is 16.5 Å². The van der Waals surface area contributed by atoms with E-state index in [1.807, 2.05) is 32.0 Å². The van der Waals surface area contributed by atoms with Crippen LogP contribution in [0.3, 0.4) is 0 Å². The molecule has 0 aliphatic carbocycles. The number of hydrogen-bond acceptors (Lipinski definition) is 3. The maximum Gasteiger partial charge on any atom is 0.344 e. The summed E-state index contributed by atoms with van der Waals surface area (Å²) in [5.41, 5.74) is 2.99. The Hall–Kier alpha value is -3.35. The van der Waals surface area contributed by atoms with Crippen LogP contribution in [0.2, 0.25) is 0 Å². The van der Waals surface area contributed by atoms with Gasteiger partial charge < -0.3 is 10.4 Å². The molecule has 0 aliphatic heterocycles. The van der Waals surface area contributed by atoms with Gasteiger partial charge in [0.1, 0.15) is 0 Å². The van der Waals surface area contributed by atoms with E-state index in [9.17, 15) is 19.5 Å². The first-order valence-corrected chi connectivity index (χ1v) is 9.74. The van der Waals surface area contributed by atoms with Gasteiger partial charge in [-0.15, -0.1) is 0 Å². The molecule has 0 bridgehead atoms. The summed E-state index contributed by atoms with van der Waals surface area (Å²) in [6.07, 6.45) is 1.48. The fourth-order valence-electron chi connectivity index (χ4n) is 3.70. The molecule has 0 spiro atoms. The predicted octanol–water partition coefficient (Wildman–Crippen LogP) is 3.54. The van der Waals surface area contributed by atoms with Gasteiger partial charge in [-0.3, -0.25) is 9.48 Å². The number of aromatic carboxylic acids is 1. The average molecular weight is 395 g/mol. The fourth-order valence-corrected chi connectivity index (χ4v) is 3.70. The second-order valence-corrected chi connectivity index (χ2v) is 6.97. The smallest absolute Gasteiger partial charge is 0.344 e. The molecule has 29 heavy (non-hydrogen) atoms. The lowest BCUT2D eigenvalue weighted by Crippen LogP contribution is -2.38. The third-order valence-corrected chi connectivity index (χ3v) is 5.12. The van der Waals surface area contributed by atoms with E-state index in [-0.39, 0.29) is 16.5 Å². The molecule has 7 nitrogen and oxygen atoms in total. The number of carboxylic acids is 1. The highest BCUT2D eigenvalue weighted by molar-refractivity contribution is 6.02. The molecule has 0 saturated heterocycles. The molecule has 0 fully saturated rings. The molecule has 0 atom stereocenters. The lowest BCUT2D eigenvalue weighted by molar-refractivity contribution is 0.0698. The molecule has 0 aliphatic rings. The number of hydrogen-bond donors (Lipinski definition) is 2. The van der Waals surface area contributed by atoms with E-state index in [4.69, 9.17) is 0 Å². The number of para-hydroxylation sites is 1. The minimum absolute atomic E-state index is 0.00627. The summed E-state index contributed by atoms with van der Waals surface area (Å²) in [5, 5.41) is 12.6. The van der Waals surface area contributed by atoms with Gasteiger partial charge in [-0.2, -0.15) is 4.68 Å². The van der Waals surface area contributed by atoms with Crippen LogP contribution in [0.25, 0.3) is 10.9 Å². The van der Waals surface area contributed by atoms with E-state index in [0.717, 1.165) is 27.8 Å². The van der Waals surface area contributed by atoms with Crippen molar-refractivity contribution in [1.29, 1.82) is 0 Å². The van der Waals surface area contributed by atoms with Crippen molar-refractivity contribution in [2.75, 3.05) is 0 Å². The van der Waals surface area contributed by atoms with Crippen molar-refractivity contribution in [3.05, 3.63) is 69.0 Å². The molecular formula is C22H25N3O4. The first-order chi connectivity index (χ1) is 13.9. The van der Waals surface area contributed by atoms with Gasteiger partial charge in [-0.1, -0.05) is 38.1 Å². The topological polar surface area (TPSA) is 93.3 Å². The summed E-state index contributed by atoms with van der Waals surface area (Å²) < 4.78 is 2.49. The number of carbonyl (C=O) groups is 2. The average Bonchev–Trinajstić information content (AvgIpc) is 2.99. The molecule has 2 N–H and O–H groups in total. The van der Waals surface area contributed by atoms with Crippen LogP contribution in [-0.2, 0) is 19.5 Å². The zero-order valence-electron chi connectivity index (χ0n) is 16.9. The Kier molecular flexibility index (Phi) is 5.87. The molecule has 3 aromatic rings. The molecular weight excluding hydrogens is 370 g/mol. The van der Waals surface area contributed by atoms with Crippen molar-refractivity contribution < 1.29 is 14.7 Å². The second kappa shape index (κ2) is 8.34. The fraction of sp³-hybridized carbons (Fsp3) is 0.318. The Morgan fingerprint density at radius 3 is 2.48 bits per heavy atom. The molecule has 1 aromatic heterocycles. The Morgan fingerprint density at radius 2 is 1.83 bits per heavy atom. The van der Waals surface area contributed by atoms with Gasteiger partial charge >= 0.3 is 12.0 Å². The minimum atomic E-state index is -1.13. The van der Waals surface area contributed by atoms with Gasteiger partial charge in [0.2, 0.25) is 0 Å². The van der Waals surface area contributed by atoms with Gasteiger partial charge in [-0.05, 0) is 48.6 Å². The number of nitrogens with zero attached hydrogens (tertiary/aromatic N) is 2. The summed E-state index contributed by atoms with van der Waals surface area (Å²) >= 11 is 0. The highest BCUT2D eigenvalue weighted by atomic mass is 16.4. The van der Waals surface area contributed by atoms with E-state index < -0.39 is 17.6 Å². The Bertz CT molecular complexity index is 1140. The standard InChI is InChI=1S/C22H25N3O4/c1-4-12-24-19-16(10-7-11-17(19)21(27)28)20(26)25(24)22(29)23-13-18-14(3)8-6-9-15(18)5-2/h6-11H,4-5,12-13H2,1-3H3,(H,23,29)(H,27,28). The number of benzene rings is 2. The second-order valence-electron chi connectivity index (χ2n) is 6.97. The lowest BCUT2D eigenvalue weighted by atomic mass is 10.0. The normalized spacial score (nSPS) is 11.0. The van der Waals surface area contributed by atoms with Crippen LogP contribution in [0.5, 0.6) is 0 Å². The van der Waals surface area contributed by atoms with Crippen molar-refractivity contribution >= 4 is 22.9 Å². The number of nitrogens with one attached hydrogen (secondary N) is 1. The molecule has 3 rings (SSSR count). The molecule has 0 radical (unpaired) electrons. The third kappa shape index (κ3) is 3.68. The van der Waals surface area contributed by atoms with Crippen molar-refractivity contribution in [3.8, 4) is 0 Å². The summed E-state index contributed by atoms with van der Waals surface area (Å²) in [4.78, 5) is 37.6. The molecule has 0 unspecified atom stereocenters. The number of amides is 1. The Labute approximate surface area is 168 Å². The van der Waals surface area contributed by atoms with Crippen molar-refractivity contribution in [1.82, 2.24) is 14.7 Å². The molecule has 152 valence electrons. The van der Waals surface area contributed by atoms with E-state index in [1.165, 1.54) is 16.8 Å². The highest BCUT2D eigenvalue weighted by Gasteiger charge is 2.22. The summed E-state index contributed by atoms with van der Waals surface area (Å²) in [6.45, 7) is 6.58. The van der Waals surface area contributed by atoms with Crippen LogP contribution in [0.4, 0.5) is 4.79 Å². The van der Waals surface area contributed by atoms with Crippen molar-refractivity contribution in [2.24, 2.45) is 0 Å². The summed E-state index contributed by atoms with van der Waals surface area (Å²) in [7, 11) is 0. The number of aromatic nitrogens is 2. The summed E-state index contributed by atoms with van der Waals surface area (Å²) in [6, 6.07) is 9.94. The third-order valence-electron chi connectivity index (χ3n) is 5.12. The quantitative estimate of drug-likeness (QED) is 0.668. The molecule has 2 aromatic carbocycles. The van der Waals surface area contributed by atoms with E-state index in [2.05, 4.69) is 12.2 Å². The predicted molar refractivity (Wildman–Crippen MR) is 112 cm³/mol. The number of fused-ring (bicyclic) bond motifs is 1. The van der Waals surface area contributed by atoms with Gasteiger partial charge in [0.25, 0.3) is 5.56 Å². The van der Waals surface area contributed by atoms with Crippen LogP contribution in [-0.4, -0.2) is 26.5 Å². The summed E-state index contributed by atoms with van der Waals surface area (Å²) in [5.74, 6) is -1.13. The zero-order chi connectivity index (χ0) is 21.1. The van der Waals surface area contributed by atoms with Crippen LogP contribution in [0.1, 0.15) is 47.3 Å². The largest absolute Gasteiger partial charge is 0.478 e. The van der Waals surface area contributed by atoms with Crippen LogP contribution in [0.15, 0.2) is 41.2 Å². The molecule has 1 heterocycles. The van der Waals surface area contributed by atoms with E-state index in [0.29, 0.717) is 19.5 Å². The van der Waals surface area contributed by atoms with Crippen molar-refractivity contribution in [3.63, 3.8) is 0 Å². The van der Waals surface area contributed by atoms with Gasteiger partial charge in [0, 0.05) is 13.1 Å². The molecule has 0 saturated carbocycles. The number of rotatable bonds is 6. The first kappa shape index (κ1) is 20.4. The van der Waals surface area contributed by atoms with Gasteiger partial charge in [0.15, 0.2) is 0 Å². The number of carbonyl (C=O) groups excluding carboxylic acids is 1. The maximum atomic E-state index is 13.0. The SMILES string of the molecule is CCCn1c2c(C(=O)O)cccc2c(=O)n1C(=O)NCc1c(C)cccc1CC. The Morgan fingerprint density at radius 1 is 1.10 bits per heavy atom. The molecule has 1 amide bonds. The van der Waals surface area contributed by atoms with Gasteiger partial charge in [-0.25, -0.2) is 9.59 Å². The highest BCUT2D eigenvalue weighted by Crippen LogP contribution is 2.18. The number of aryl methyl sites for hydroxylation is 3.